The van der Waals surface area contributed by atoms with E-state index in [9.17, 15) is 19.6 Å². The zero-order valence-corrected chi connectivity index (χ0v) is 17.9. The first-order valence-electron chi connectivity index (χ1n) is 10.1. The van der Waals surface area contributed by atoms with Gasteiger partial charge in [0, 0.05) is 17.7 Å². The normalized spacial score (nSPS) is 15.2. The Bertz CT molecular complexity index is 1180. The number of nitriles is 1. The number of nitrogens with zero attached hydrogens (tertiary/aromatic N) is 2. The van der Waals surface area contributed by atoms with Gasteiger partial charge in [-0.1, -0.05) is 25.1 Å². The van der Waals surface area contributed by atoms with Gasteiger partial charge in [0.25, 0.3) is 11.8 Å². The van der Waals surface area contributed by atoms with E-state index < -0.39 is 11.8 Å². The van der Waals surface area contributed by atoms with Crippen LogP contribution in [-0.2, 0) is 14.3 Å². The predicted molar refractivity (Wildman–Crippen MR) is 118 cm³/mol. The summed E-state index contributed by atoms with van der Waals surface area (Å²) in [5, 5.41) is 9.37. The minimum Gasteiger partial charge on any atom is -0.462 e. The lowest BCUT2D eigenvalue weighted by Gasteiger charge is -2.26. The predicted octanol–water partition coefficient (Wildman–Crippen LogP) is 4.29. The number of ether oxygens (including phenoxy) is 1. The van der Waals surface area contributed by atoms with E-state index in [0.717, 1.165) is 16.9 Å². The third-order valence-electron chi connectivity index (χ3n) is 4.89. The molecule has 2 aromatic rings. The van der Waals surface area contributed by atoms with E-state index in [1.165, 1.54) is 12.2 Å². The molecule has 1 aromatic carbocycles. The molecule has 0 radical (unpaired) electrons. The van der Waals surface area contributed by atoms with Gasteiger partial charge in [0.1, 0.15) is 23.2 Å². The Morgan fingerprint density at radius 2 is 1.91 bits per heavy atom. The number of hydrogen-bond acceptors (Lipinski definition) is 6. The van der Waals surface area contributed by atoms with E-state index >= 15 is 0 Å². The third-order valence-corrected chi connectivity index (χ3v) is 4.89. The van der Waals surface area contributed by atoms with Gasteiger partial charge in [-0.3, -0.25) is 14.5 Å². The lowest BCUT2D eigenvalue weighted by atomic mass is 9.94. The maximum atomic E-state index is 12.8. The van der Waals surface area contributed by atoms with Gasteiger partial charge in [0.05, 0.1) is 12.2 Å². The minimum atomic E-state index is -0.635. The summed E-state index contributed by atoms with van der Waals surface area (Å²) in [5.74, 6) is -0.605. The molecule has 7 nitrogen and oxygen atoms in total. The summed E-state index contributed by atoms with van der Waals surface area (Å²) in [4.78, 5) is 38.1. The second-order valence-corrected chi connectivity index (χ2v) is 7.09. The van der Waals surface area contributed by atoms with Crippen molar-refractivity contribution in [2.45, 2.75) is 20.3 Å². The first-order valence-corrected chi connectivity index (χ1v) is 10.1. The van der Waals surface area contributed by atoms with Crippen molar-refractivity contribution in [3.63, 3.8) is 0 Å². The zero-order chi connectivity index (χ0) is 23.3. The molecule has 0 N–H and O–H groups in total. The molecule has 2 amide bonds. The van der Waals surface area contributed by atoms with Crippen molar-refractivity contribution < 1.29 is 23.5 Å². The van der Waals surface area contributed by atoms with Gasteiger partial charge >= 0.3 is 5.97 Å². The molecule has 0 bridgehead atoms. The van der Waals surface area contributed by atoms with Crippen LogP contribution in [0.2, 0.25) is 0 Å². The van der Waals surface area contributed by atoms with Crippen molar-refractivity contribution in [2.24, 2.45) is 0 Å². The van der Waals surface area contributed by atoms with Crippen LogP contribution in [0.3, 0.4) is 0 Å². The summed E-state index contributed by atoms with van der Waals surface area (Å²) in [6.07, 6.45) is 3.69. The van der Waals surface area contributed by atoms with Crippen LogP contribution < -0.4 is 0 Å². The summed E-state index contributed by atoms with van der Waals surface area (Å²) in [5.41, 5.74) is 1.61. The van der Waals surface area contributed by atoms with E-state index in [0.29, 0.717) is 29.3 Å². The molecule has 0 saturated carbocycles. The lowest BCUT2D eigenvalue weighted by Crippen LogP contribution is -2.42. The number of amides is 2. The molecule has 1 aromatic heterocycles. The van der Waals surface area contributed by atoms with Crippen LogP contribution in [-0.4, -0.2) is 35.8 Å². The highest BCUT2D eigenvalue weighted by Gasteiger charge is 2.34. The van der Waals surface area contributed by atoms with Crippen molar-refractivity contribution >= 4 is 23.9 Å². The summed E-state index contributed by atoms with van der Waals surface area (Å²) < 4.78 is 11.0. The maximum Gasteiger partial charge on any atom is 0.338 e. The average molecular weight is 430 g/mol. The van der Waals surface area contributed by atoms with E-state index in [2.05, 4.69) is 6.58 Å². The SMILES string of the molecule is C=CCN1C(=O)C(C#N)=C(C)/C(=C\c2ccc(-c3ccc(C(=O)OCCC)cc3)o2)C1=O. The molecule has 32 heavy (non-hydrogen) atoms. The van der Waals surface area contributed by atoms with Crippen molar-refractivity contribution in [1.82, 2.24) is 4.90 Å². The van der Waals surface area contributed by atoms with Crippen LogP contribution in [0.15, 0.2) is 70.2 Å². The first-order chi connectivity index (χ1) is 15.4. The Kier molecular flexibility index (Phi) is 6.86. The highest BCUT2D eigenvalue weighted by molar-refractivity contribution is 6.19. The van der Waals surface area contributed by atoms with Crippen LogP contribution >= 0.6 is 0 Å². The summed E-state index contributed by atoms with van der Waals surface area (Å²) in [6.45, 7) is 7.42. The molecule has 0 unspecified atom stereocenters. The van der Waals surface area contributed by atoms with Gasteiger partial charge in [-0.2, -0.15) is 5.26 Å². The Morgan fingerprint density at radius 3 is 2.53 bits per heavy atom. The van der Waals surface area contributed by atoms with Crippen molar-refractivity contribution in [3.05, 3.63) is 77.1 Å². The topological polar surface area (TPSA) is 101 Å². The van der Waals surface area contributed by atoms with Crippen LogP contribution in [0.1, 0.15) is 36.4 Å². The van der Waals surface area contributed by atoms with Crippen molar-refractivity contribution in [1.29, 1.82) is 5.26 Å². The molecular weight excluding hydrogens is 408 g/mol. The van der Waals surface area contributed by atoms with Gasteiger partial charge in [0.15, 0.2) is 0 Å². The highest BCUT2D eigenvalue weighted by Crippen LogP contribution is 2.29. The fraction of sp³-hybridized carbons (Fsp3) is 0.200. The Labute approximate surface area is 185 Å². The number of rotatable bonds is 7. The Hall–Kier alpha value is -4.18. The van der Waals surface area contributed by atoms with Gasteiger partial charge in [-0.05, 0) is 49.3 Å². The van der Waals surface area contributed by atoms with Crippen LogP contribution in [0.4, 0.5) is 0 Å². The number of carbonyl (C=O) groups is 3. The highest BCUT2D eigenvalue weighted by atomic mass is 16.5. The molecule has 0 atom stereocenters. The minimum absolute atomic E-state index is 0.00388. The fourth-order valence-corrected chi connectivity index (χ4v) is 3.20. The lowest BCUT2D eigenvalue weighted by molar-refractivity contribution is -0.139. The number of carbonyl (C=O) groups excluding carboxylic acids is 3. The average Bonchev–Trinajstić information content (AvgIpc) is 3.27. The molecule has 7 heteroatoms. The molecule has 0 aliphatic carbocycles. The first kappa shape index (κ1) is 22.5. The summed E-state index contributed by atoms with van der Waals surface area (Å²) in [7, 11) is 0. The van der Waals surface area contributed by atoms with Crippen LogP contribution in [0, 0.1) is 11.3 Å². The Morgan fingerprint density at radius 1 is 1.19 bits per heavy atom. The van der Waals surface area contributed by atoms with E-state index in [4.69, 9.17) is 9.15 Å². The molecule has 0 spiro atoms. The number of imide groups is 1. The maximum absolute atomic E-state index is 12.8. The number of furan rings is 1. The second-order valence-electron chi connectivity index (χ2n) is 7.09. The van der Waals surface area contributed by atoms with E-state index in [1.807, 2.05) is 13.0 Å². The quantitative estimate of drug-likeness (QED) is 0.281. The third kappa shape index (κ3) is 4.44. The summed E-state index contributed by atoms with van der Waals surface area (Å²) >= 11 is 0. The smallest absolute Gasteiger partial charge is 0.338 e. The number of hydrogen-bond donors (Lipinski definition) is 0. The largest absolute Gasteiger partial charge is 0.462 e. The second kappa shape index (κ2) is 9.75. The van der Waals surface area contributed by atoms with E-state index in [-0.39, 0.29) is 23.7 Å². The number of benzene rings is 1. The van der Waals surface area contributed by atoms with Gasteiger partial charge in [-0.25, -0.2) is 4.79 Å². The molecular formula is C25H22N2O5. The number of esters is 1. The summed E-state index contributed by atoms with van der Waals surface area (Å²) in [6, 6.07) is 12.1. The molecule has 162 valence electrons. The molecule has 1 aliphatic rings. The van der Waals surface area contributed by atoms with Gasteiger partial charge in [-0.15, -0.1) is 6.58 Å². The molecule has 0 fully saturated rings. The zero-order valence-electron chi connectivity index (χ0n) is 17.9. The van der Waals surface area contributed by atoms with Crippen molar-refractivity contribution in [2.75, 3.05) is 13.2 Å². The molecule has 1 aliphatic heterocycles. The standard InChI is InChI=1S/C25H22N2O5/c1-4-12-27-23(28)20(16(3)21(15-26)24(27)29)14-19-10-11-22(32-19)17-6-8-18(9-7-17)25(30)31-13-5-2/h4,6-11,14H,1,5,12-13H2,2-3H3/b20-14+. The fourth-order valence-electron chi connectivity index (χ4n) is 3.20. The molecule has 2 heterocycles. The van der Waals surface area contributed by atoms with Crippen LogP contribution in [0.5, 0.6) is 0 Å². The van der Waals surface area contributed by atoms with Crippen molar-refractivity contribution in [3.8, 4) is 17.4 Å². The Balaban J connectivity index is 1.89. The molecule has 0 saturated heterocycles. The van der Waals surface area contributed by atoms with Crippen LogP contribution in [0.25, 0.3) is 17.4 Å². The molecule has 3 rings (SSSR count). The van der Waals surface area contributed by atoms with Gasteiger partial charge in [0.2, 0.25) is 0 Å². The van der Waals surface area contributed by atoms with E-state index in [1.54, 1.807) is 43.3 Å². The van der Waals surface area contributed by atoms with Gasteiger partial charge < -0.3 is 9.15 Å². The monoisotopic (exact) mass is 430 g/mol.